The van der Waals surface area contributed by atoms with Crippen LogP contribution in [0.5, 0.6) is 0 Å². The summed E-state index contributed by atoms with van der Waals surface area (Å²) in [5.41, 5.74) is 2.95. The maximum atomic E-state index is 10.5. The monoisotopic (exact) mass is 484 g/mol. The van der Waals surface area contributed by atoms with E-state index in [-0.39, 0.29) is 18.6 Å². The minimum atomic E-state index is -0.681. The Kier molecular flexibility index (Phi) is 7.64. The molecule has 9 heteroatoms. The maximum absolute atomic E-state index is 10.5. The number of pyridine rings is 1. The first-order valence-corrected chi connectivity index (χ1v) is 13.0. The van der Waals surface area contributed by atoms with Crippen molar-refractivity contribution in [3.05, 3.63) is 23.7 Å². The number of rotatable bonds is 10. The van der Waals surface area contributed by atoms with Gasteiger partial charge in [-0.15, -0.1) is 11.3 Å². The summed E-state index contributed by atoms with van der Waals surface area (Å²) in [6.07, 6.45) is 7.43. The molecular weight excluding hydrogens is 448 g/mol. The normalized spacial score (nSPS) is 18.5. The van der Waals surface area contributed by atoms with Crippen molar-refractivity contribution in [2.75, 3.05) is 23.8 Å². The molecule has 1 aliphatic rings. The summed E-state index contributed by atoms with van der Waals surface area (Å²) < 4.78 is 1.10. The number of aliphatic hydroxyl groups excluding tert-OH is 1. The lowest BCUT2D eigenvalue weighted by Crippen LogP contribution is -2.30. The van der Waals surface area contributed by atoms with E-state index in [2.05, 4.69) is 15.6 Å². The summed E-state index contributed by atoms with van der Waals surface area (Å²) in [5, 5.41) is 27.4. The highest BCUT2D eigenvalue weighted by Crippen LogP contribution is 2.39. The number of aryl methyl sites for hydroxylation is 2. The summed E-state index contributed by atoms with van der Waals surface area (Å²) >= 11 is 1.63. The van der Waals surface area contributed by atoms with Gasteiger partial charge in [-0.1, -0.05) is 0 Å². The molecule has 0 aromatic carbocycles. The van der Waals surface area contributed by atoms with Gasteiger partial charge in [0.05, 0.1) is 27.3 Å². The van der Waals surface area contributed by atoms with Gasteiger partial charge >= 0.3 is 0 Å². The van der Waals surface area contributed by atoms with Crippen LogP contribution in [0.3, 0.4) is 0 Å². The molecule has 34 heavy (non-hydrogen) atoms. The van der Waals surface area contributed by atoms with Crippen LogP contribution in [-0.2, 0) is 0 Å². The number of unbranched alkanes of at least 4 members (excludes halogenated alkanes) is 2. The standard InChI is InChI=1S/C25H36N6O2S/c1-15-20(23-30-21-16(2)26-12-10-19(21)34-23)22(29-18-9-8-17(14-18)25(3,4)33)31-24(28-15)27-11-6-5-7-13-32/h10,12,17-18,32-33H,5-9,11,13-14H2,1-4H3,(H2,27,28,29,31). The molecule has 0 spiro atoms. The molecule has 4 N–H and O–H groups in total. The highest BCUT2D eigenvalue weighted by molar-refractivity contribution is 7.21. The predicted molar refractivity (Wildman–Crippen MR) is 138 cm³/mol. The molecule has 3 aromatic rings. The molecule has 0 aliphatic heterocycles. The summed E-state index contributed by atoms with van der Waals surface area (Å²) in [6, 6.07) is 2.24. The number of nitrogens with one attached hydrogen (secondary N) is 2. The minimum absolute atomic E-state index is 0.225. The van der Waals surface area contributed by atoms with Gasteiger partial charge in [-0.2, -0.15) is 4.98 Å². The van der Waals surface area contributed by atoms with Gasteiger partial charge in [0.25, 0.3) is 0 Å². The molecule has 1 aliphatic carbocycles. The van der Waals surface area contributed by atoms with E-state index in [1.165, 1.54) is 0 Å². The third-order valence-electron chi connectivity index (χ3n) is 6.68. The fourth-order valence-electron chi connectivity index (χ4n) is 4.66. The summed E-state index contributed by atoms with van der Waals surface area (Å²) in [6.45, 7) is 8.77. The van der Waals surface area contributed by atoms with Gasteiger partial charge in [0, 0.05) is 25.4 Å². The van der Waals surface area contributed by atoms with E-state index >= 15 is 0 Å². The zero-order valence-corrected chi connectivity index (χ0v) is 21.4. The molecular formula is C25H36N6O2S. The molecule has 0 amide bonds. The van der Waals surface area contributed by atoms with Gasteiger partial charge in [-0.05, 0) is 78.2 Å². The Bertz CT molecular complexity index is 1130. The van der Waals surface area contributed by atoms with Crippen molar-refractivity contribution in [2.45, 2.75) is 77.9 Å². The highest BCUT2D eigenvalue weighted by Gasteiger charge is 2.35. The Morgan fingerprint density at radius 2 is 1.91 bits per heavy atom. The molecule has 8 nitrogen and oxygen atoms in total. The molecule has 2 atom stereocenters. The fourth-order valence-corrected chi connectivity index (χ4v) is 5.77. The summed E-state index contributed by atoms with van der Waals surface area (Å²) in [4.78, 5) is 18.9. The predicted octanol–water partition coefficient (Wildman–Crippen LogP) is 4.69. The van der Waals surface area contributed by atoms with Crippen LogP contribution in [-0.4, -0.2) is 54.9 Å². The van der Waals surface area contributed by atoms with Gasteiger partial charge in [0.2, 0.25) is 5.95 Å². The first-order valence-electron chi connectivity index (χ1n) is 12.2. The van der Waals surface area contributed by atoms with Gasteiger partial charge in [0.1, 0.15) is 16.3 Å². The largest absolute Gasteiger partial charge is 0.396 e. The Hall–Kier alpha value is -2.36. The van der Waals surface area contributed by atoms with E-state index in [0.717, 1.165) is 83.1 Å². The van der Waals surface area contributed by atoms with Crippen molar-refractivity contribution in [3.8, 4) is 10.6 Å². The Balaban J connectivity index is 1.64. The van der Waals surface area contributed by atoms with Crippen LogP contribution in [0.1, 0.15) is 63.8 Å². The van der Waals surface area contributed by atoms with E-state index < -0.39 is 5.60 Å². The van der Waals surface area contributed by atoms with Crippen LogP contribution in [0, 0.1) is 19.8 Å². The summed E-state index contributed by atoms with van der Waals surface area (Å²) in [5.74, 6) is 1.65. The Morgan fingerprint density at radius 3 is 2.62 bits per heavy atom. The van der Waals surface area contributed by atoms with Crippen LogP contribution in [0.4, 0.5) is 11.8 Å². The highest BCUT2D eigenvalue weighted by atomic mass is 32.1. The molecule has 184 valence electrons. The zero-order chi connectivity index (χ0) is 24.3. The number of anilines is 2. The molecule has 0 radical (unpaired) electrons. The minimum Gasteiger partial charge on any atom is -0.396 e. The van der Waals surface area contributed by atoms with Crippen molar-refractivity contribution in [3.63, 3.8) is 0 Å². The molecule has 0 saturated heterocycles. The number of aromatic nitrogens is 4. The number of hydrogen-bond acceptors (Lipinski definition) is 9. The van der Waals surface area contributed by atoms with Crippen LogP contribution in [0.15, 0.2) is 12.3 Å². The first kappa shape index (κ1) is 24.8. The quantitative estimate of drug-likeness (QED) is 0.306. The second-order valence-corrected chi connectivity index (χ2v) is 10.9. The molecule has 1 saturated carbocycles. The Labute approximate surface area is 205 Å². The van der Waals surface area contributed by atoms with E-state index in [1.54, 1.807) is 11.3 Å². The lowest BCUT2D eigenvalue weighted by molar-refractivity contribution is 0.0197. The average molecular weight is 485 g/mol. The number of hydrogen-bond donors (Lipinski definition) is 4. The van der Waals surface area contributed by atoms with Crippen LogP contribution < -0.4 is 10.6 Å². The van der Waals surface area contributed by atoms with Crippen molar-refractivity contribution >= 4 is 33.3 Å². The fraction of sp³-hybridized carbons (Fsp3) is 0.600. The molecule has 1 fully saturated rings. The van der Waals surface area contributed by atoms with E-state index in [1.807, 2.05) is 40.0 Å². The number of thiazole rings is 1. The van der Waals surface area contributed by atoms with E-state index in [0.29, 0.717) is 5.95 Å². The molecule has 2 unspecified atom stereocenters. The van der Waals surface area contributed by atoms with Gasteiger partial charge < -0.3 is 20.8 Å². The lowest BCUT2D eigenvalue weighted by atomic mass is 9.89. The summed E-state index contributed by atoms with van der Waals surface area (Å²) in [7, 11) is 0. The smallest absolute Gasteiger partial charge is 0.224 e. The lowest BCUT2D eigenvalue weighted by Gasteiger charge is -2.25. The van der Waals surface area contributed by atoms with Crippen molar-refractivity contribution < 1.29 is 10.2 Å². The van der Waals surface area contributed by atoms with Crippen LogP contribution >= 0.6 is 11.3 Å². The molecule has 4 rings (SSSR count). The van der Waals surface area contributed by atoms with Gasteiger partial charge in [0.15, 0.2) is 0 Å². The zero-order valence-electron chi connectivity index (χ0n) is 20.6. The van der Waals surface area contributed by atoms with E-state index in [4.69, 9.17) is 20.1 Å². The second kappa shape index (κ2) is 10.5. The van der Waals surface area contributed by atoms with Gasteiger partial charge in [-0.25, -0.2) is 9.97 Å². The first-order chi connectivity index (χ1) is 16.3. The topological polar surface area (TPSA) is 116 Å². The number of fused-ring (bicyclic) bond motifs is 1. The third-order valence-corrected chi connectivity index (χ3v) is 7.72. The van der Waals surface area contributed by atoms with Gasteiger partial charge in [-0.3, -0.25) is 4.98 Å². The third kappa shape index (κ3) is 5.64. The SMILES string of the molecule is Cc1nc(NCCCCCO)nc(NC2CCC(C(C)(C)O)C2)c1-c1nc2c(C)nccc2s1. The number of aliphatic hydroxyl groups is 2. The van der Waals surface area contributed by atoms with Crippen molar-refractivity contribution in [1.29, 1.82) is 0 Å². The van der Waals surface area contributed by atoms with Crippen LogP contribution in [0.25, 0.3) is 20.8 Å². The number of nitrogens with zero attached hydrogens (tertiary/aromatic N) is 4. The second-order valence-electron chi connectivity index (χ2n) is 9.83. The van der Waals surface area contributed by atoms with E-state index in [9.17, 15) is 5.11 Å². The molecule has 0 bridgehead atoms. The molecule has 3 heterocycles. The van der Waals surface area contributed by atoms with Crippen LogP contribution in [0.2, 0.25) is 0 Å². The Morgan fingerprint density at radius 1 is 1.09 bits per heavy atom. The average Bonchev–Trinajstić information content (AvgIpc) is 3.41. The van der Waals surface area contributed by atoms with Crippen molar-refractivity contribution in [1.82, 2.24) is 19.9 Å². The maximum Gasteiger partial charge on any atom is 0.224 e. The molecule has 3 aromatic heterocycles. The van der Waals surface area contributed by atoms with Crippen molar-refractivity contribution in [2.24, 2.45) is 5.92 Å².